The van der Waals surface area contributed by atoms with E-state index in [2.05, 4.69) is 4.98 Å². The maximum Gasteiger partial charge on any atom is 0.409 e. The highest BCUT2D eigenvalue weighted by Gasteiger charge is 2.33. The predicted octanol–water partition coefficient (Wildman–Crippen LogP) is 0.871. The summed E-state index contributed by atoms with van der Waals surface area (Å²) in [4.78, 5) is 57.1. The van der Waals surface area contributed by atoms with Crippen LogP contribution < -0.4 is 10.5 Å². The molecule has 180 valence electrons. The van der Waals surface area contributed by atoms with E-state index < -0.39 is 24.1 Å². The van der Waals surface area contributed by atoms with Gasteiger partial charge >= 0.3 is 12.1 Å². The van der Waals surface area contributed by atoms with Gasteiger partial charge < -0.3 is 29.7 Å². The zero-order valence-corrected chi connectivity index (χ0v) is 18.8. The maximum atomic E-state index is 13.1. The van der Waals surface area contributed by atoms with Gasteiger partial charge in [0.05, 0.1) is 30.8 Å². The van der Waals surface area contributed by atoms with E-state index in [1.807, 2.05) is 0 Å². The van der Waals surface area contributed by atoms with Crippen LogP contribution in [0.3, 0.4) is 0 Å². The summed E-state index contributed by atoms with van der Waals surface area (Å²) in [6.45, 7) is 3.58. The van der Waals surface area contributed by atoms with E-state index in [0.29, 0.717) is 43.5 Å². The number of para-hydroxylation sites is 1. The second-order valence-corrected chi connectivity index (χ2v) is 7.95. The van der Waals surface area contributed by atoms with Gasteiger partial charge in [0.25, 0.3) is 5.91 Å². The molecule has 11 nitrogen and oxygen atoms in total. The molecule has 2 aromatic rings. The standard InChI is InChI=1S/C23H26N4O7/c1-2-32-23(31)27-10-8-26(9-11-27)18(28)13-16-19(21(24)29)20(34-17-7-12-33-22(17)30)14-5-3-4-6-15(14)25-16/h3-6,17H,2,7-13H2,1H3,(H2,24,29). The quantitative estimate of drug-likeness (QED) is 0.613. The molecule has 1 aromatic heterocycles. The maximum absolute atomic E-state index is 13.1. The SMILES string of the molecule is CCOC(=O)N1CCN(C(=O)Cc2nc3ccccc3c(OC3CCOC3=O)c2C(N)=O)CC1. The van der Waals surface area contributed by atoms with E-state index in [4.69, 9.17) is 19.9 Å². The Morgan fingerprint density at radius 2 is 1.85 bits per heavy atom. The fraction of sp³-hybridized carbons (Fsp3) is 0.435. The smallest absolute Gasteiger partial charge is 0.409 e. The number of benzene rings is 1. The van der Waals surface area contributed by atoms with Gasteiger partial charge in [0.1, 0.15) is 11.3 Å². The van der Waals surface area contributed by atoms with Crippen LogP contribution in [0.15, 0.2) is 24.3 Å². The highest BCUT2D eigenvalue weighted by molar-refractivity contribution is 6.04. The lowest BCUT2D eigenvalue weighted by molar-refractivity contribution is -0.143. The van der Waals surface area contributed by atoms with Crippen LogP contribution in [-0.4, -0.2) is 84.2 Å². The molecule has 0 aliphatic carbocycles. The van der Waals surface area contributed by atoms with E-state index in [1.54, 1.807) is 41.0 Å². The molecule has 2 fully saturated rings. The molecule has 2 aliphatic rings. The Labute approximate surface area is 195 Å². The molecule has 2 saturated heterocycles. The highest BCUT2D eigenvalue weighted by atomic mass is 16.6. The van der Waals surface area contributed by atoms with Gasteiger partial charge in [0.15, 0.2) is 6.10 Å². The van der Waals surface area contributed by atoms with Crippen molar-refractivity contribution >= 4 is 34.8 Å². The van der Waals surface area contributed by atoms with Crippen LogP contribution in [-0.2, 0) is 25.5 Å². The van der Waals surface area contributed by atoms with Crippen LogP contribution in [0.25, 0.3) is 10.9 Å². The number of cyclic esters (lactones) is 1. The zero-order chi connectivity index (χ0) is 24.2. The van der Waals surface area contributed by atoms with Gasteiger partial charge in [-0.3, -0.25) is 14.6 Å². The van der Waals surface area contributed by atoms with Crippen molar-refractivity contribution in [3.63, 3.8) is 0 Å². The van der Waals surface area contributed by atoms with E-state index >= 15 is 0 Å². The third-order valence-corrected chi connectivity index (χ3v) is 5.79. The Hall–Kier alpha value is -3.89. The largest absolute Gasteiger partial charge is 0.477 e. The number of pyridine rings is 1. The molecule has 0 saturated carbocycles. The van der Waals surface area contributed by atoms with Crippen molar-refractivity contribution < 1.29 is 33.4 Å². The number of nitrogens with zero attached hydrogens (tertiary/aromatic N) is 3. The van der Waals surface area contributed by atoms with E-state index in [0.717, 1.165) is 0 Å². The van der Waals surface area contributed by atoms with Gasteiger partial charge in [-0.2, -0.15) is 0 Å². The van der Waals surface area contributed by atoms with E-state index in [9.17, 15) is 19.2 Å². The molecule has 1 atom stereocenters. The van der Waals surface area contributed by atoms with Crippen molar-refractivity contribution in [2.45, 2.75) is 25.9 Å². The lowest BCUT2D eigenvalue weighted by atomic mass is 10.0. The first-order valence-electron chi connectivity index (χ1n) is 11.1. The third kappa shape index (κ3) is 4.73. The first-order valence-corrected chi connectivity index (χ1v) is 11.1. The second kappa shape index (κ2) is 9.94. The molecule has 0 spiro atoms. The Bertz CT molecular complexity index is 1130. The number of fused-ring (bicyclic) bond motifs is 1. The number of esters is 1. The average molecular weight is 470 g/mol. The molecule has 0 radical (unpaired) electrons. The van der Waals surface area contributed by atoms with Crippen molar-refractivity contribution in [3.8, 4) is 5.75 Å². The number of rotatable bonds is 6. The number of hydrogen-bond donors (Lipinski definition) is 1. The molecule has 3 amide bonds. The van der Waals surface area contributed by atoms with Gasteiger partial charge in [-0.05, 0) is 19.1 Å². The Morgan fingerprint density at radius 1 is 1.15 bits per heavy atom. The van der Waals surface area contributed by atoms with Gasteiger partial charge in [-0.15, -0.1) is 0 Å². The molecule has 3 heterocycles. The molecule has 1 aromatic carbocycles. The molecular weight excluding hydrogens is 444 g/mol. The predicted molar refractivity (Wildman–Crippen MR) is 119 cm³/mol. The van der Waals surface area contributed by atoms with Crippen LogP contribution in [0, 0.1) is 0 Å². The minimum absolute atomic E-state index is 0.0306. The topological polar surface area (TPSA) is 141 Å². The van der Waals surface area contributed by atoms with Crippen LogP contribution in [0.5, 0.6) is 5.75 Å². The minimum Gasteiger partial charge on any atom is -0.477 e. The number of aromatic nitrogens is 1. The van der Waals surface area contributed by atoms with E-state index in [1.165, 1.54) is 0 Å². The molecule has 34 heavy (non-hydrogen) atoms. The Kier molecular flexibility index (Phi) is 6.80. The first kappa shape index (κ1) is 23.3. The second-order valence-electron chi connectivity index (χ2n) is 7.95. The molecule has 2 aliphatic heterocycles. The molecule has 4 rings (SSSR count). The van der Waals surface area contributed by atoms with Crippen molar-refractivity contribution in [1.29, 1.82) is 0 Å². The van der Waals surface area contributed by atoms with Crippen molar-refractivity contribution in [2.24, 2.45) is 5.73 Å². The fourth-order valence-electron chi connectivity index (χ4n) is 4.07. The number of piperazine rings is 1. The summed E-state index contributed by atoms with van der Waals surface area (Å²) >= 11 is 0. The Morgan fingerprint density at radius 3 is 2.50 bits per heavy atom. The number of primary amides is 1. The number of nitrogens with two attached hydrogens (primary N) is 1. The summed E-state index contributed by atoms with van der Waals surface area (Å²) in [6.07, 6.45) is -1.13. The van der Waals surface area contributed by atoms with Crippen molar-refractivity contribution in [1.82, 2.24) is 14.8 Å². The van der Waals surface area contributed by atoms with Gasteiger partial charge in [0.2, 0.25) is 5.91 Å². The lowest BCUT2D eigenvalue weighted by Crippen LogP contribution is -2.51. The van der Waals surface area contributed by atoms with Gasteiger partial charge in [-0.1, -0.05) is 12.1 Å². The molecular formula is C23H26N4O7. The normalized spacial score (nSPS) is 18.0. The summed E-state index contributed by atoms with van der Waals surface area (Å²) < 4.78 is 15.9. The summed E-state index contributed by atoms with van der Waals surface area (Å²) in [7, 11) is 0. The van der Waals surface area contributed by atoms with Crippen LogP contribution >= 0.6 is 0 Å². The molecule has 2 N–H and O–H groups in total. The third-order valence-electron chi connectivity index (χ3n) is 5.79. The fourth-order valence-corrected chi connectivity index (χ4v) is 4.07. The number of ether oxygens (including phenoxy) is 3. The van der Waals surface area contributed by atoms with Crippen molar-refractivity contribution in [3.05, 3.63) is 35.5 Å². The van der Waals surface area contributed by atoms with Crippen LogP contribution in [0.1, 0.15) is 29.4 Å². The van der Waals surface area contributed by atoms with Crippen molar-refractivity contribution in [2.75, 3.05) is 39.4 Å². The number of carbonyl (C=O) groups excluding carboxylic acids is 4. The van der Waals surface area contributed by atoms with Crippen LogP contribution in [0.2, 0.25) is 0 Å². The molecule has 1 unspecified atom stereocenters. The summed E-state index contributed by atoms with van der Waals surface area (Å²) in [5.74, 6) is -1.47. The summed E-state index contributed by atoms with van der Waals surface area (Å²) in [6, 6.07) is 6.96. The monoisotopic (exact) mass is 470 g/mol. The van der Waals surface area contributed by atoms with Crippen LogP contribution in [0.4, 0.5) is 4.79 Å². The zero-order valence-electron chi connectivity index (χ0n) is 18.8. The number of carbonyl (C=O) groups is 4. The number of amides is 3. The van der Waals surface area contributed by atoms with Gasteiger partial charge in [-0.25, -0.2) is 9.59 Å². The van der Waals surface area contributed by atoms with Gasteiger partial charge in [0, 0.05) is 38.0 Å². The molecule has 11 heteroatoms. The first-order chi connectivity index (χ1) is 16.4. The minimum atomic E-state index is -0.872. The Balaban J connectivity index is 1.60. The lowest BCUT2D eigenvalue weighted by Gasteiger charge is -2.34. The average Bonchev–Trinajstić information content (AvgIpc) is 3.23. The number of hydrogen-bond acceptors (Lipinski definition) is 8. The highest BCUT2D eigenvalue weighted by Crippen LogP contribution is 2.33. The summed E-state index contributed by atoms with van der Waals surface area (Å²) in [5, 5.41) is 0.509. The van der Waals surface area contributed by atoms with E-state index in [-0.39, 0.29) is 42.5 Å². The molecule has 0 bridgehead atoms. The summed E-state index contributed by atoms with van der Waals surface area (Å²) in [5.41, 5.74) is 6.34.